The molecule has 1 fully saturated rings. The van der Waals surface area contributed by atoms with E-state index in [1.165, 1.54) is 0 Å². The third kappa shape index (κ3) is 6.76. The molecule has 1 aromatic carbocycles. The highest BCUT2D eigenvalue weighted by Crippen LogP contribution is 2.13. The molecule has 0 amide bonds. The molecular weight excluding hydrogens is 304 g/mol. The summed E-state index contributed by atoms with van der Waals surface area (Å²) in [6.45, 7) is 11.8. The third-order valence-corrected chi connectivity index (χ3v) is 3.80. The van der Waals surface area contributed by atoms with Crippen molar-refractivity contribution in [2.45, 2.75) is 20.4 Å². The van der Waals surface area contributed by atoms with Crippen LogP contribution in [-0.4, -0.2) is 63.4 Å². The maximum atomic E-state index is 5.54. The molecule has 0 bridgehead atoms. The molecule has 0 aliphatic carbocycles. The predicted octanol–water partition coefficient (Wildman–Crippen LogP) is 1.47. The second kappa shape index (κ2) is 10.9. The number of morpholine rings is 1. The molecule has 0 spiro atoms. The quantitative estimate of drug-likeness (QED) is 0.557. The van der Waals surface area contributed by atoms with Crippen LogP contribution in [0, 0.1) is 0 Å². The van der Waals surface area contributed by atoms with Crippen LogP contribution in [-0.2, 0) is 11.3 Å². The number of ether oxygens (including phenoxy) is 2. The number of hydrogen-bond acceptors (Lipinski definition) is 4. The normalized spacial score (nSPS) is 16.0. The fourth-order valence-corrected chi connectivity index (χ4v) is 2.57. The van der Waals surface area contributed by atoms with Crippen LogP contribution in [0.4, 0.5) is 0 Å². The van der Waals surface area contributed by atoms with Gasteiger partial charge in [0.2, 0.25) is 0 Å². The molecule has 0 unspecified atom stereocenters. The Labute approximate surface area is 145 Å². The van der Waals surface area contributed by atoms with Crippen LogP contribution in [0.1, 0.15) is 19.4 Å². The van der Waals surface area contributed by atoms with E-state index >= 15 is 0 Å². The molecule has 0 atom stereocenters. The van der Waals surface area contributed by atoms with E-state index in [1.807, 2.05) is 25.1 Å². The number of aliphatic imine (C=N–C) groups is 1. The minimum absolute atomic E-state index is 0.633. The fraction of sp³-hybridized carbons (Fsp3) is 0.611. The van der Waals surface area contributed by atoms with Crippen molar-refractivity contribution < 1.29 is 9.47 Å². The van der Waals surface area contributed by atoms with Crippen LogP contribution >= 0.6 is 0 Å². The average Bonchev–Trinajstić information content (AvgIpc) is 2.61. The molecule has 1 saturated heterocycles. The first-order valence-electron chi connectivity index (χ1n) is 8.85. The first kappa shape index (κ1) is 18.5. The molecular formula is C18H30N4O2. The van der Waals surface area contributed by atoms with E-state index in [2.05, 4.69) is 33.5 Å². The van der Waals surface area contributed by atoms with Crippen molar-refractivity contribution in [1.29, 1.82) is 0 Å². The first-order chi connectivity index (χ1) is 11.8. The molecule has 1 heterocycles. The number of benzene rings is 1. The molecule has 6 heteroatoms. The zero-order valence-corrected chi connectivity index (χ0v) is 14.9. The summed E-state index contributed by atoms with van der Waals surface area (Å²) in [5.74, 6) is 1.75. The molecule has 24 heavy (non-hydrogen) atoms. The lowest BCUT2D eigenvalue weighted by Crippen LogP contribution is -2.44. The SMILES string of the molecule is CCNC(=NCc1cccc(OCC)c1)NCCN1CCOCC1. The molecule has 0 radical (unpaired) electrons. The standard InChI is InChI=1S/C18H30N4O2/c1-3-19-18(20-8-9-22-10-12-23-13-11-22)21-15-16-6-5-7-17(14-16)24-4-2/h5-7,14H,3-4,8-13,15H2,1-2H3,(H2,19,20,21). The highest BCUT2D eigenvalue weighted by Gasteiger charge is 2.09. The van der Waals surface area contributed by atoms with E-state index in [-0.39, 0.29) is 0 Å². The van der Waals surface area contributed by atoms with E-state index < -0.39 is 0 Å². The number of nitrogens with zero attached hydrogens (tertiary/aromatic N) is 2. The summed E-state index contributed by atoms with van der Waals surface area (Å²) >= 11 is 0. The molecule has 1 aliphatic rings. The molecule has 1 aromatic rings. The lowest BCUT2D eigenvalue weighted by molar-refractivity contribution is 0.0389. The number of hydrogen-bond donors (Lipinski definition) is 2. The minimum atomic E-state index is 0.633. The van der Waals surface area contributed by atoms with Crippen LogP contribution in [0.25, 0.3) is 0 Å². The van der Waals surface area contributed by atoms with E-state index in [0.29, 0.717) is 13.2 Å². The van der Waals surface area contributed by atoms with Crippen molar-refractivity contribution in [2.75, 3.05) is 52.5 Å². The van der Waals surface area contributed by atoms with E-state index in [1.54, 1.807) is 0 Å². The third-order valence-electron chi connectivity index (χ3n) is 3.80. The number of nitrogens with one attached hydrogen (secondary N) is 2. The van der Waals surface area contributed by atoms with Gasteiger partial charge in [0.25, 0.3) is 0 Å². The Morgan fingerprint density at radius 1 is 1.25 bits per heavy atom. The van der Waals surface area contributed by atoms with Gasteiger partial charge in [0, 0.05) is 32.7 Å². The Bertz CT molecular complexity index is 502. The van der Waals surface area contributed by atoms with Crippen LogP contribution in [0.15, 0.2) is 29.3 Å². The minimum Gasteiger partial charge on any atom is -0.494 e. The Morgan fingerprint density at radius 2 is 2.08 bits per heavy atom. The average molecular weight is 334 g/mol. The molecule has 6 nitrogen and oxygen atoms in total. The number of guanidine groups is 1. The summed E-state index contributed by atoms with van der Waals surface area (Å²) < 4.78 is 10.9. The lowest BCUT2D eigenvalue weighted by Gasteiger charge is -2.26. The van der Waals surface area contributed by atoms with Crippen molar-refractivity contribution in [3.05, 3.63) is 29.8 Å². The van der Waals surface area contributed by atoms with E-state index in [9.17, 15) is 0 Å². The van der Waals surface area contributed by atoms with Gasteiger partial charge in [0.15, 0.2) is 5.96 Å². The highest BCUT2D eigenvalue weighted by molar-refractivity contribution is 5.79. The van der Waals surface area contributed by atoms with Crippen LogP contribution in [0.5, 0.6) is 5.75 Å². The van der Waals surface area contributed by atoms with Gasteiger partial charge in [-0.25, -0.2) is 4.99 Å². The van der Waals surface area contributed by atoms with Gasteiger partial charge in [-0.3, -0.25) is 4.90 Å². The van der Waals surface area contributed by atoms with Gasteiger partial charge in [-0.1, -0.05) is 12.1 Å². The van der Waals surface area contributed by atoms with Crippen LogP contribution in [0.2, 0.25) is 0 Å². The monoisotopic (exact) mass is 334 g/mol. The summed E-state index contributed by atoms with van der Waals surface area (Å²) in [6.07, 6.45) is 0. The van der Waals surface area contributed by atoms with Crippen molar-refractivity contribution in [3.8, 4) is 5.75 Å². The Kier molecular flexibility index (Phi) is 8.41. The maximum Gasteiger partial charge on any atom is 0.191 e. The Balaban J connectivity index is 1.81. The molecule has 0 saturated carbocycles. The molecule has 1 aliphatic heterocycles. The van der Waals surface area contributed by atoms with Gasteiger partial charge in [-0.15, -0.1) is 0 Å². The summed E-state index contributed by atoms with van der Waals surface area (Å²) in [6, 6.07) is 8.10. The van der Waals surface area contributed by atoms with Gasteiger partial charge in [0.1, 0.15) is 5.75 Å². The Morgan fingerprint density at radius 3 is 2.83 bits per heavy atom. The molecule has 0 aromatic heterocycles. The summed E-state index contributed by atoms with van der Waals surface area (Å²) in [7, 11) is 0. The van der Waals surface area contributed by atoms with Crippen LogP contribution < -0.4 is 15.4 Å². The zero-order chi connectivity index (χ0) is 17.0. The van der Waals surface area contributed by atoms with Gasteiger partial charge in [-0.2, -0.15) is 0 Å². The zero-order valence-electron chi connectivity index (χ0n) is 14.9. The van der Waals surface area contributed by atoms with Crippen LogP contribution in [0.3, 0.4) is 0 Å². The first-order valence-corrected chi connectivity index (χ1v) is 8.85. The molecule has 2 rings (SSSR count). The lowest BCUT2D eigenvalue weighted by atomic mass is 10.2. The second-order valence-electron chi connectivity index (χ2n) is 5.66. The van der Waals surface area contributed by atoms with Gasteiger partial charge in [0.05, 0.1) is 26.4 Å². The highest BCUT2D eigenvalue weighted by atomic mass is 16.5. The Hall–Kier alpha value is -1.79. The smallest absolute Gasteiger partial charge is 0.191 e. The van der Waals surface area contributed by atoms with Crippen molar-refractivity contribution in [1.82, 2.24) is 15.5 Å². The van der Waals surface area contributed by atoms with Gasteiger partial charge < -0.3 is 20.1 Å². The second-order valence-corrected chi connectivity index (χ2v) is 5.66. The van der Waals surface area contributed by atoms with Crippen molar-refractivity contribution >= 4 is 5.96 Å². The van der Waals surface area contributed by atoms with Crippen molar-refractivity contribution in [2.24, 2.45) is 4.99 Å². The van der Waals surface area contributed by atoms with Gasteiger partial charge in [-0.05, 0) is 31.5 Å². The number of rotatable bonds is 8. The summed E-state index contributed by atoms with van der Waals surface area (Å²) in [5.41, 5.74) is 1.14. The van der Waals surface area contributed by atoms with E-state index in [4.69, 9.17) is 9.47 Å². The summed E-state index contributed by atoms with van der Waals surface area (Å²) in [5, 5.41) is 6.70. The topological polar surface area (TPSA) is 58.1 Å². The van der Waals surface area contributed by atoms with Gasteiger partial charge >= 0.3 is 0 Å². The largest absolute Gasteiger partial charge is 0.494 e. The molecule has 134 valence electrons. The molecule has 2 N–H and O–H groups in total. The maximum absolute atomic E-state index is 5.54. The fourth-order valence-electron chi connectivity index (χ4n) is 2.57. The predicted molar refractivity (Wildman–Crippen MR) is 97.7 cm³/mol. The summed E-state index contributed by atoms with van der Waals surface area (Å²) in [4.78, 5) is 7.07. The van der Waals surface area contributed by atoms with Crippen molar-refractivity contribution in [3.63, 3.8) is 0 Å². The van der Waals surface area contributed by atoms with E-state index in [0.717, 1.165) is 63.2 Å².